The summed E-state index contributed by atoms with van der Waals surface area (Å²) in [5.41, 5.74) is 0. The van der Waals surface area contributed by atoms with Gasteiger partial charge in [0.25, 0.3) is 0 Å². The summed E-state index contributed by atoms with van der Waals surface area (Å²) in [7, 11) is 0. The van der Waals surface area contributed by atoms with Crippen molar-refractivity contribution in [1.29, 1.82) is 0 Å². The number of aromatic nitrogens is 1. The van der Waals surface area contributed by atoms with Crippen LogP contribution in [0.4, 0.5) is 5.82 Å². The number of nitrogens with zero attached hydrogens (tertiary/aromatic N) is 2. The number of rotatable bonds is 11. The molecule has 2 amide bonds. The number of hydrogen-bond donors (Lipinski definition) is 1. The van der Waals surface area contributed by atoms with Crippen LogP contribution in [0.1, 0.15) is 58.8 Å². The summed E-state index contributed by atoms with van der Waals surface area (Å²) in [5, 5.41) is 6.26. The van der Waals surface area contributed by atoms with E-state index in [2.05, 4.69) is 28.8 Å². The minimum atomic E-state index is -0.241. The van der Waals surface area contributed by atoms with Crippen LogP contribution in [0.15, 0.2) is 16.9 Å². The van der Waals surface area contributed by atoms with E-state index in [1.165, 1.54) is 6.26 Å². The highest BCUT2D eigenvalue weighted by Gasteiger charge is 2.17. The van der Waals surface area contributed by atoms with Crippen LogP contribution in [-0.2, 0) is 9.59 Å². The molecular formula is C16H27N3O3. The third-order valence-corrected chi connectivity index (χ3v) is 3.42. The monoisotopic (exact) mass is 309 g/mol. The molecular weight excluding hydrogens is 282 g/mol. The van der Waals surface area contributed by atoms with E-state index in [4.69, 9.17) is 0 Å². The van der Waals surface area contributed by atoms with E-state index in [1.54, 1.807) is 11.0 Å². The van der Waals surface area contributed by atoms with E-state index >= 15 is 0 Å². The van der Waals surface area contributed by atoms with Crippen LogP contribution in [0.5, 0.6) is 0 Å². The van der Waals surface area contributed by atoms with Crippen molar-refractivity contribution in [3.8, 4) is 0 Å². The molecule has 0 radical (unpaired) electrons. The standard InChI is InChI=1S/C16H27N3O3/c1-3-5-7-9-16(21)19(11-8-6-4-2)13-15(20)17-14-10-12-22-18-14/h10,12H,3-9,11,13H2,1-2H3,(H,17,18,20). The van der Waals surface area contributed by atoms with Crippen LogP contribution in [0, 0.1) is 0 Å². The lowest BCUT2D eigenvalue weighted by molar-refractivity contribution is -0.134. The lowest BCUT2D eigenvalue weighted by atomic mass is 10.1. The fourth-order valence-electron chi connectivity index (χ4n) is 2.16. The minimum absolute atomic E-state index is 0.0554. The molecule has 0 fully saturated rings. The van der Waals surface area contributed by atoms with Crippen molar-refractivity contribution in [2.24, 2.45) is 0 Å². The SMILES string of the molecule is CCCCCC(=O)N(CCCCC)CC(=O)Nc1ccon1. The molecule has 0 aliphatic rings. The third-order valence-electron chi connectivity index (χ3n) is 3.42. The Labute approximate surface area is 132 Å². The molecule has 0 unspecified atom stereocenters. The number of carbonyl (C=O) groups excluding carboxylic acids is 2. The van der Waals surface area contributed by atoms with Gasteiger partial charge in [0.05, 0.1) is 6.54 Å². The number of carbonyl (C=O) groups is 2. The van der Waals surface area contributed by atoms with Gasteiger partial charge in [0.1, 0.15) is 6.26 Å². The molecule has 124 valence electrons. The molecule has 0 aromatic carbocycles. The molecule has 1 aromatic heterocycles. The first-order valence-corrected chi connectivity index (χ1v) is 8.15. The molecule has 1 rings (SSSR count). The van der Waals surface area contributed by atoms with Crippen molar-refractivity contribution in [2.75, 3.05) is 18.4 Å². The molecule has 1 aromatic rings. The van der Waals surface area contributed by atoms with E-state index in [0.29, 0.717) is 18.8 Å². The molecule has 0 atom stereocenters. The Morgan fingerprint density at radius 2 is 1.91 bits per heavy atom. The predicted octanol–water partition coefficient (Wildman–Crippen LogP) is 3.21. The van der Waals surface area contributed by atoms with Crippen molar-refractivity contribution >= 4 is 17.6 Å². The second-order valence-corrected chi connectivity index (χ2v) is 5.41. The Bertz CT molecular complexity index is 432. The van der Waals surface area contributed by atoms with Crippen LogP contribution in [0.2, 0.25) is 0 Å². The van der Waals surface area contributed by atoms with E-state index in [9.17, 15) is 9.59 Å². The van der Waals surface area contributed by atoms with Crippen LogP contribution in [0.3, 0.4) is 0 Å². The molecule has 1 N–H and O–H groups in total. The fraction of sp³-hybridized carbons (Fsp3) is 0.688. The van der Waals surface area contributed by atoms with Crippen molar-refractivity contribution in [3.63, 3.8) is 0 Å². The number of amides is 2. The first kappa shape index (κ1) is 18.2. The second kappa shape index (κ2) is 10.8. The van der Waals surface area contributed by atoms with E-state index in [-0.39, 0.29) is 18.4 Å². The number of anilines is 1. The summed E-state index contributed by atoms with van der Waals surface area (Å²) < 4.78 is 4.67. The molecule has 0 saturated heterocycles. The van der Waals surface area contributed by atoms with Crippen LogP contribution in [0.25, 0.3) is 0 Å². The average molecular weight is 309 g/mol. The Kier molecular flexibility index (Phi) is 8.95. The summed E-state index contributed by atoms with van der Waals surface area (Å²) in [4.78, 5) is 25.9. The van der Waals surface area contributed by atoms with E-state index in [1.807, 2.05) is 0 Å². The zero-order valence-corrected chi connectivity index (χ0v) is 13.6. The second-order valence-electron chi connectivity index (χ2n) is 5.41. The number of hydrogen-bond acceptors (Lipinski definition) is 4. The molecule has 0 aliphatic carbocycles. The summed E-state index contributed by atoms with van der Waals surface area (Å²) >= 11 is 0. The van der Waals surface area contributed by atoms with E-state index in [0.717, 1.165) is 38.5 Å². The summed E-state index contributed by atoms with van der Waals surface area (Å²) in [6.07, 6.45) is 7.97. The zero-order valence-electron chi connectivity index (χ0n) is 13.6. The van der Waals surface area contributed by atoms with Gasteiger partial charge in [-0.3, -0.25) is 9.59 Å². The normalized spacial score (nSPS) is 10.5. The molecule has 22 heavy (non-hydrogen) atoms. The highest BCUT2D eigenvalue weighted by molar-refractivity contribution is 5.93. The highest BCUT2D eigenvalue weighted by atomic mass is 16.5. The number of unbranched alkanes of at least 4 members (excludes halogenated alkanes) is 4. The summed E-state index contributed by atoms with van der Waals surface area (Å²) in [6.45, 7) is 4.92. The third kappa shape index (κ3) is 7.24. The maximum absolute atomic E-state index is 12.3. The van der Waals surface area contributed by atoms with Gasteiger partial charge in [-0.25, -0.2) is 0 Å². The Hall–Kier alpha value is -1.85. The lowest BCUT2D eigenvalue weighted by Crippen LogP contribution is -2.38. The highest BCUT2D eigenvalue weighted by Crippen LogP contribution is 2.07. The van der Waals surface area contributed by atoms with Crippen LogP contribution in [-0.4, -0.2) is 35.0 Å². The van der Waals surface area contributed by atoms with Crippen molar-refractivity contribution in [1.82, 2.24) is 10.1 Å². The van der Waals surface area contributed by atoms with E-state index < -0.39 is 0 Å². The van der Waals surface area contributed by atoms with Gasteiger partial charge in [-0.15, -0.1) is 0 Å². The first-order chi connectivity index (χ1) is 10.7. The van der Waals surface area contributed by atoms with Gasteiger partial charge in [0.15, 0.2) is 5.82 Å². The molecule has 6 heteroatoms. The van der Waals surface area contributed by atoms with Gasteiger partial charge in [-0.1, -0.05) is 44.7 Å². The van der Waals surface area contributed by atoms with Crippen LogP contribution >= 0.6 is 0 Å². The fourth-order valence-corrected chi connectivity index (χ4v) is 2.16. The molecule has 0 saturated carbocycles. The molecule has 0 bridgehead atoms. The van der Waals surface area contributed by atoms with Crippen LogP contribution < -0.4 is 5.32 Å². The first-order valence-electron chi connectivity index (χ1n) is 8.15. The van der Waals surface area contributed by atoms with Gasteiger partial charge < -0.3 is 14.7 Å². The Morgan fingerprint density at radius 3 is 2.55 bits per heavy atom. The predicted molar refractivity (Wildman–Crippen MR) is 85.4 cm³/mol. The smallest absolute Gasteiger partial charge is 0.245 e. The van der Waals surface area contributed by atoms with Crippen molar-refractivity contribution in [3.05, 3.63) is 12.3 Å². The molecule has 6 nitrogen and oxygen atoms in total. The van der Waals surface area contributed by atoms with Crippen molar-refractivity contribution < 1.29 is 14.1 Å². The topological polar surface area (TPSA) is 75.4 Å². The average Bonchev–Trinajstić information content (AvgIpc) is 2.99. The Balaban J connectivity index is 2.48. The van der Waals surface area contributed by atoms with Gasteiger partial charge >= 0.3 is 0 Å². The van der Waals surface area contributed by atoms with Crippen molar-refractivity contribution in [2.45, 2.75) is 58.8 Å². The maximum Gasteiger partial charge on any atom is 0.245 e. The Morgan fingerprint density at radius 1 is 1.18 bits per heavy atom. The molecule has 0 aliphatic heterocycles. The molecule has 0 spiro atoms. The maximum atomic E-state index is 12.3. The zero-order chi connectivity index (χ0) is 16.2. The van der Waals surface area contributed by atoms with Gasteiger partial charge in [0.2, 0.25) is 11.8 Å². The number of nitrogens with one attached hydrogen (secondary N) is 1. The van der Waals surface area contributed by atoms with Gasteiger partial charge in [0, 0.05) is 19.0 Å². The quantitative estimate of drug-likeness (QED) is 0.637. The minimum Gasteiger partial charge on any atom is -0.363 e. The summed E-state index contributed by atoms with van der Waals surface area (Å²) in [5.74, 6) is 0.186. The van der Waals surface area contributed by atoms with Gasteiger partial charge in [-0.05, 0) is 12.8 Å². The summed E-state index contributed by atoms with van der Waals surface area (Å²) in [6, 6.07) is 1.57. The van der Waals surface area contributed by atoms with Gasteiger partial charge in [-0.2, -0.15) is 0 Å². The largest absolute Gasteiger partial charge is 0.363 e. The molecule has 1 heterocycles. The lowest BCUT2D eigenvalue weighted by Gasteiger charge is -2.22.